The van der Waals surface area contributed by atoms with E-state index in [1.165, 1.54) is 7.11 Å². The SMILES string of the molecule is COC(=O)Cc1c(C=O)ccc(Cl)c1C. The minimum atomic E-state index is -0.386. The van der Waals surface area contributed by atoms with Crippen LogP contribution in [0.2, 0.25) is 5.02 Å². The van der Waals surface area contributed by atoms with Crippen LogP contribution in [0.3, 0.4) is 0 Å². The highest BCUT2D eigenvalue weighted by Gasteiger charge is 2.12. The van der Waals surface area contributed by atoms with Gasteiger partial charge in [0.25, 0.3) is 0 Å². The first-order chi connectivity index (χ1) is 7.10. The molecule has 0 saturated heterocycles. The Bertz CT molecular complexity index is 399. The Hall–Kier alpha value is -1.35. The molecule has 0 fully saturated rings. The quantitative estimate of drug-likeness (QED) is 0.586. The number of aldehydes is 1. The number of benzene rings is 1. The minimum absolute atomic E-state index is 0.0664. The van der Waals surface area contributed by atoms with Crippen molar-refractivity contribution in [3.8, 4) is 0 Å². The summed E-state index contributed by atoms with van der Waals surface area (Å²) in [6.45, 7) is 1.77. The van der Waals surface area contributed by atoms with Crippen LogP contribution in [-0.4, -0.2) is 19.4 Å². The number of carbonyl (C=O) groups is 2. The van der Waals surface area contributed by atoms with Crippen molar-refractivity contribution in [2.45, 2.75) is 13.3 Å². The van der Waals surface area contributed by atoms with Crippen molar-refractivity contribution in [2.75, 3.05) is 7.11 Å². The van der Waals surface area contributed by atoms with Gasteiger partial charge in [0.15, 0.2) is 0 Å². The molecule has 1 aromatic carbocycles. The smallest absolute Gasteiger partial charge is 0.310 e. The largest absolute Gasteiger partial charge is 0.469 e. The fraction of sp³-hybridized carbons (Fsp3) is 0.273. The average molecular weight is 227 g/mol. The maximum Gasteiger partial charge on any atom is 0.310 e. The second-order valence-electron chi connectivity index (χ2n) is 3.11. The van der Waals surface area contributed by atoms with Gasteiger partial charge in [-0.25, -0.2) is 0 Å². The van der Waals surface area contributed by atoms with Gasteiger partial charge < -0.3 is 4.74 Å². The van der Waals surface area contributed by atoms with E-state index < -0.39 is 0 Å². The van der Waals surface area contributed by atoms with Crippen LogP contribution in [-0.2, 0) is 16.0 Å². The average Bonchev–Trinajstić information content (AvgIpc) is 2.25. The normalized spacial score (nSPS) is 9.80. The lowest BCUT2D eigenvalue weighted by Gasteiger charge is -2.08. The molecule has 0 aromatic heterocycles. The molecule has 3 nitrogen and oxygen atoms in total. The number of methoxy groups -OCH3 is 1. The van der Waals surface area contributed by atoms with Crippen molar-refractivity contribution in [2.24, 2.45) is 0 Å². The molecule has 0 unspecified atom stereocenters. The van der Waals surface area contributed by atoms with E-state index in [1.54, 1.807) is 19.1 Å². The summed E-state index contributed by atoms with van der Waals surface area (Å²) in [5.74, 6) is -0.386. The van der Waals surface area contributed by atoms with E-state index >= 15 is 0 Å². The molecule has 0 aliphatic heterocycles. The molecule has 4 heteroatoms. The molecule has 0 spiro atoms. The molecule has 15 heavy (non-hydrogen) atoms. The highest BCUT2D eigenvalue weighted by molar-refractivity contribution is 6.31. The molecule has 0 heterocycles. The number of halogens is 1. The maximum atomic E-state index is 11.1. The van der Waals surface area contributed by atoms with Crippen LogP contribution in [0.25, 0.3) is 0 Å². The van der Waals surface area contributed by atoms with Crippen LogP contribution in [0, 0.1) is 6.92 Å². The summed E-state index contributed by atoms with van der Waals surface area (Å²) in [5, 5.41) is 0.541. The van der Waals surface area contributed by atoms with Gasteiger partial charge >= 0.3 is 5.97 Å². The Morgan fingerprint density at radius 3 is 2.73 bits per heavy atom. The predicted molar refractivity (Wildman–Crippen MR) is 57.3 cm³/mol. The number of hydrogen-bond acceptors (Lipinski definition) is 3. The zero-order valence-electron chi connectivity index (χ0n) is 8.54. The van der Waals surface area contributed by atoms with Crippen LogP contribution in [0.1, 0.15) is 21.5 Å². The summed E-state index contributed by atoms with van der Waals surface area (Å²) in [6, 6.07) is 3.24. The monoisotopic (exact) mass is 226 g/mol. The summed E-state index contributed by atoms with van der Waals surface area (Å²) < 4.78 is 4.55. The second-order valence-corrected chi connectivity index (χ2v) is 3.52. The lowest BCUT2D eigenvalue weighted by Crippen LogP contribution is -2.08. The fourth-order valence-electron chi connectivity index (χ4n) is 1.31. The van der Waals surface area contributed by atoms with E-state index in [9.17, 15) is 9.59 Å². The first kappa shape index (κ1) is 11.7. The number of hydrogen-bond donors (Lipinski definition) is 0. The van der Waals surface area contributed by atoms with Gasteiger partial charge in [0, 0.05) is 10.6 Å². The molecule has 0 amide bonds. The predicted octanol–water partition coefficient (Wildman–Crippen LogP) is 2.18. The first-order valence-corrected chi connectivity index (χ1v) is 4.78. The van der Waals surface area contributed by atoms with E-state index in [0.717, 1.165) is 5.56 Å². The standard InChI is InChI=1S/C11H11ClO3/c1-7-9(5-11(14)15-2)8(6-13)3-4-10(7)12/h3-4,6H,5H2,1-2H3. The van der Waals surface area contributed by atoms with Crippen molar-refractivity contribution < 1.29 is 14.3 Å². The maximum absolute atomic E-state index is 11.1. The molecule has 0 saturated carbocycles. The van der Waals surface area contributed by atoms with Crippen LogP contribution in [0.4, 0.5) is 0 Å². The van der Waals surface area contributed by atoms with Crippen LogP contribution >= 0.6 is 11.6 Å². The van der Waals surface area contributed by atoms with Crippen LogP contribution < -0.4 is 0 Å². The number of carbonyl (C=O) groups excluding carboxylic acids is 2. The van der Waals surface area contributed by atoms with E-state index in [2.05, 4.69) is 4.74 Å². The van der Waals surface area contributed by atoms with Gasteiger partial charge in [-0.05, 0) is 30.2 Å². The van der Waals surface area contributed by atoms with Crippen molar-refractivity contribution in [3.63, 3.8) is 0 Å². The number of ether oxygens (including phenoxy) is 1. The molecule has 80 valence electrons. The van der Waals surface area contributed by atoms with Gasteiger partial charge in [-0.2, -0.15) is 0 Å². The Balaban J connectivity index is 3.17. The summed E-state index contributed by atoms with van der Waals surface area (Å²) in [5.41, 5.74) is 1.85. The van der Waals surface area contributed by atoms with Gasteiger partial charge in [-0.3, -0.25) is 9.59 Å². The van der Waals surface area contributed by atoms with Crippen molar-refractivity contribution in [1.29, 1.82) is 0 Å². The van der Waals surface area contributed by atoms with Gasteiger partial charge in [0.2, 0.25) is 0 Å². The lowest BCUT2D eigenvalue weighted by atomic mass is 10.00. The molecule has 0 aliphatic rings. The van der Waals surface area contributed by atoms with Crippen molar-refractivity contribution in [1.82, 2.24) is 0 Å². The Morgan fingerprint density at radius 1 is 1.53 bits per heavy atom. The molecule has 0 bridgehead atoms. The lowest BCUT2D eigenvalue weighted by molar-refractivity contribution is -0.139. The summed E-state index contributed by atoms with van der Waals surface area (Å²) >= 11 is 5.90. The van der Waals surface area contributed by atoms with Crippen molar-refractivity contribution in [3.05, 3.63) is 33.8 Å². The van der Waals surface area contributed by atoms with E-state index in [1.807, 2.05) is 0 Å². The van der Waals surface area contributed by atoms with Gasteiger partial charge in [-0.15, -0.1) is 0 Å². The summed E-state index contributed by atoms with van der Waals surface area (Å²) in [6.07, 6.45) is 0.776. The molecule has 1 aromatic rings. The Labute approximate surface area is 93.0 Å². The van der Waals surface area contributed by atoms with E-state index in [-0.39, 0.29) is 12.4 Å². The second kappa shape index (κ2) is 4.94. The molecular formula is C11H11ClO3. The third-order valence-electron chi connectivity index (χ3n) is 2.24. The number of rotatable bonds is 3. The molecule has 0 N–H and O–H groups in total. The van der Waals surface area contributed by atoms with Crippen molar-refractivity contribution >= 4 is 23.9 Å². The Morgan fingerprint density at radius 2 is 2.20 bits per heavy atom. The number of esters is 1. The molecule has 0 aliphatic carbocycles. The fourth-order valence-corrected chi connectivity index (χ4v) is 1.49. The highest BCUT2D eigenvalue weighted by Crippen LogP contribution is 2.22. The molecule has 0 radical (unpaired) electrons. The minimum Gasteiger partial charge on any atom is -0.469 e. The summed E-state index contributed by atoms with van der Waals surface area (Å²) in [7, 11) is 1.31. The molecule has 1 rings (SSSR count). The zero-order valence-corrected chi connectivity index (χ0v) is 9.30. The van der Waals surface area contributed by atoms with Crippen LogP contribution in [0.5, 0.6) is 0 Å². The van der Waals surface area contributed by atoms with Gasteiger partial charge in [0.1, 0.15) is 6.29 Å². The van der Waals surface area contributed by atoms with E-state index in [0.29, 0.717) is 22.4 Å². The van der Waals surface area contributed by atoms with Crippen LogP contribution in [0.15, 0.2) is 12.1 Å². The molecule has 0 atom stereocenters. The highest BCUT2D eigenvalue weighted by atomic mass is 35.5. The molecular weight excluding hydrogens is 216 g/mol. The van der Waals surface area contributed by atoms with E-state index in [4.69, 9.17) is 11.6 Å². The first-order valence-electron chi connectivity index (χ1n) is 4.40. The zero-order chi connectivity index (χ0) is 11.4. The third kappa shape index (κ3) is 2.57. The van der Waals surface area contributed by atoms with Gasteiger partial charge in [-0.1, -0.05) is 11.6 Å². The third-order valence-corrected chi connectivity index (χ3v) is 2.65. The summed E-state index contributed by atoms with van der Waals surface area (Å²) in [4.78, 5) is 21.9. The van der Waals surface area contributed by atoms with Gasteiger partial charge in [0.05, 0.1) is 13.5 Å². The Kier molecular flexibility index (Phi) is 3.86. The topological polar surface area (TPSA) is 43.4 Å².